The Labute approximate surface area is 209 Å². The minimum absolute atomic E-state index is 0.167. The number of anilines is 1. The van der Waals surface area contributed by atoms with Crippen LogP contribution in [0.25, 0.3) is 22.2 Å². The van der Waals surface area contributed by atoms with Crippen LogP contribution in [0.5, 0.6) is 0 Å². The first kappa shape index (κ1) is 23.3. The number of nitrogens with zero attached hydrogens (tertiary/aromatic N) is 5. The zero-order chi connectivity index (χ0) is 24.4. The van der Waals surface area contributed by atoms with Crippen LogP contribution in [0.3, 0.4) is 0 Å². The Bertz CT molecular complexity index is 1340. The Morgan fingerprint density at radius 2 is 1.89 bits per heavy atom. The van der Waals surface area contributed by atoms with E-state index in [2.05, 4.69) is 44.2 Å². The lowest BCUT2D eigenvalue weighted by molar-refractivity contribution is -0.132. The molecular weight excluding hydrogens is 460 g/mol. The summed E-state index contributed by atoms with van der Waals surface area (Å²) < 4.78 is 1.85. The maximum atomic E-state index is 13.6. The number of amides is 1. The Hall–Kier alpha value is -3.45. The van der Waals surface area contributed by atoms with E-state index in [1.165, 1.54) is 12.8 Å². The summed E-state index contributed by atoms with van der Waals surface area (Å²) in [5.41, 5.74) is 7.64. The summed E-state index contributed by atoms with van der Waals surface area (Å²) in [5.74, 6) is 1.82. The number of benzene rings is 2. The van der Waals surface area contributed by atoms with Gasteiger partial charge in [0.2, 0.25) is 5.91 Å². The van der Waals surface area contributed by atoms with Crippen LogP contribution >= 0.6 is 11.6 Å². The number of nitrogens with two attached hydrogens (primary N) is 1. The number of nitrogen functional groups attached to an aromatic ring is 1. The molecule has 1 fully saturated rings. The van der Waals surface area contributed by atoms with Gasteiger partial charge in [-0.2, -0.15) is 5.10 Å². The van der Waals surface area contributed by atoms with E-state index in [-0.39, 0.29) is 11.9 Å². The fourth-order valence-corrected chi connectivity index (χ4v) is 5.26. The fraction of sp³-hybridized carbons (Fsp3) is 0.333. The summed E-state index contributed by atoms with van der Waals surface area (Å²) in [7, 11) is 0. The van der Waals surface area contributed by atoms with Gasteiger partial charge in [0.1, 0.15) is 16.8 Å². The maximum Gasteiger partial charge on any atom is 0.227 e. The van der Waals surface area contributed by atoms with Crippen molar-refractivity contribution in [1.29, 1.82) is 0 Å². The predicted molar refractivity (Wildman–Crippen MR) is 139 cm³/mol. The number of carbonyl (C=O) groups is 1. The highest BCUT2D eigenvalue weighted by atomic mass is 35.5. The van der Waals surface area contributed by atoms with Gasteiger partial charge in [-0.1, -0.05) is 66.9 Å². The van der Waals surface area contributed by atoms with Gasteiger partial charge >= 0.3 is 0 Å². The standard InChI is InChI=1S/C27H29ClN6O/c1-18-30-27(21-15-24(28)31-25(29)16-21)32-34(18)14-13-33(22-10-3-4-11-22)26(35)17-20-9-6-8-19-7-2-5-12-23(19)20/h2,5-9,12,15-16,22H,3-4,10-11,13-14,17H2,1H3,(H2,29,31). The molecule has 1 aliphatic carbocycles. The molecular formula is C27H29ClN6O. The zero-order valence-corrected chi connectivity index (χ0v) is 20.6. The highest BCUT2D eigenvalue weighted by Gasteiger charge is 2.27. The molecule has 2 aromatic heterocycles. The van der Waals surface area contributed by atoms with Gasteiger partial charge in [-0.15, -0.1) is 0 Å². The molecule has 8 heteroatoms. The molecule has 0 aliphatic heterocycles. The Morgan fingerprint density at radius 1 is 1.11 bits per heavy atom. The molecule has 180 valence electrons. The molecule has 4 aromatic rings. The minimum atomic E-state index is 0.167. The molecule has 0 saturated heterocycles. The third-order valence-corrected chi connectivity index (χ3v) is 6.98. The van der Waals surface area contributed by atoms with Gasteiger partial charge < -0.3 is 10.6 Å². The number of carbonyl (C=O) groups excluding carboxylic acids is 1. The van der Waals surface area contributed by atoms with Crippen molar-refractivity contribution in [2.24, 2.45) is 0 Å². The topological polar surface area (TPSA) is 89.9 Å². The van der Waals surface area contributed by atoms with Crippen LogP contribution < -0.4 is 5.73 Å². The van der Waals surface area contributed by atoms with Crippen molar-refractivity contribution < 1.29 is 4.79 Å². The van der Waals surface area contributed by atoms with Gasteiger partial charge in [-0.3, -0.25) is 4.79 Å². The highest BCUT2D eigenvalue weighted by Crippen LogP contribution is 2.26. The summed E-state index contributed by atoms with van der Waals surface area (Å²) in [4.78, 5) is 24.3. The number of fused-ring (bicyclic) bond motifs is 1. The number of halogens is 1. The Morgan fingerprint density at radius 3 is 2.69 bits per heavy atom. The SMILES string of the molecule is Cc1nc(-c2cc(N)nc(Cl)c2)nn1CCN(C(=O)Cc1cccc2ccccc12)C1CCCC1. The van der Waals surface area contributed by atoms with Crippen molar-refractivity contribution in [2.45, 2.75) is 51.6 Å². The molecule has 35 heavy (non-hydrogen) atoms. The second-order valence-corrected chi connectivity index (χ2v) is 9.54. The zero-order valence-electron chi connectivity index (χ0n) is 19.8. The van der Waals surface area contributed by atoms with E-state index >= 15 is 0 Å². The first-order chi connectivity index (χ1) is 17.0. The normalized spacial score (nSPS) is 14.0. The van der Waals surface area contributed by atoms with Crippen LogP contribution in [0, 0.1) is 6.92 Å². The molecule has 2 aromatic carbocycles. The van der Waals surface area contributed by atoms with Crippen molar-refractivity contribution in [3.63, 3.8) is 0 Å². The van der Waals surface area contributed by atoms with Crippen LogP contribution in [0.4, 0.5) is 5.82 Å². The van der Waals surface area contributed by atoms with E-state index in [0.717, 1.165) is 40.6 Å². The van der Waals surface area contributed by atoms with Gasteiger partial charge in [-0.25, -0.2) is 14.6 Å². The molecule has 0 bridgehead atoms. The fourth-order valence-electron chi connectivity index (χ4n) is 5.04. The quantitative estimate of drug-likeness (QED) is 0.367. The summed E-state index contributed by atoms with van der Waals surface area (Å²) in [6, 6.07) is 18.1. The number of pyridine rings is 1. The van der Waals surface area contributed by atoms with Crippen molar-refractivity contribution in [3.8, 4) is 11.4 Å². The molecule has 2 N–H and O–H groups in total. The van der Waals surface area contributed by atoms with Gasteiger partial charge in [-0.05, 0) is 48.2 Å². The van der Waals surface area contributed by atoms with Crippen LogP contribution in [-0.4, -0.2) is 43.1 Å². The van der Waals surface area contributed by atoms with E-state index in [1.54, 1.807) is 12.1 Å². The summed E-state index contributed by atoms with van der Waals surface area (Å²) in [6.45, 7) is 3.09. The van der Waals surface area contributed by atoms with Gasteiger partial charge in [0.25, 0.3) is 0 Å². The van der Waals surface area contributed by atoms with Crippen molar-refractivity contribution in [1.82, 2.24) is 24.6 Å². The van der Waals surface area contributed by atoms with E-state index in [4.69, 9.17) is 17.3 Å². The molecule has 5 rings (SSSR count). The third kappa shape index (κ3) is 5.15. The lowest BCUT2D eigenvalue weighted by Crippen LogP contribution is -2.42. The van der Waals surface area contributed by atoms with Crippen LogP contribution in [0.15, 0.2) is 54.6 Å². The molecule has 1 saturated carbocycles. The summed E-state index contributed by atoms with van der Waals surface area (Å²) in [5, 5.41) is 7.28. The average molecular weight is 489 g/mol. The number of hydrogen-bond acceptors (Lipinski definition) is 5. The van der Waals surface area contributed by atoms with Gasteiger partial charge in [0.15, 0.2) is 5.82 Å². The predicted octanol–water partition coefficient (Wildman–Crippen LogP) is 5.05. The van der Waals surface area contributed by atoms with E-state index < -0.39 is 0 Å². The number of hydrogen-bond donors (Lipinski definition) is 1. The lowest BCUT2D eigenvalue weighted by Gasteiger charge is -2.29. The molecule has 0 spiro atoms. The smallest absolute Gasteiger partial charge is 0.227 e. The number of aromatic nitrogens is 4. The molecule has 7 nitrogen and oxygen atoms in total. The summed E-state index contributed by atoms with van der Waals surface area (Å²) in [6.07, 6.45) is 4.84. The van der Waals surface area contributed by atoms with Crippen LogP contribution in [0.2, 0.25) is 5.15 Å². The maximum absolute atomic E-state index is 13.6. The Kier molecular flexibility index (Phi) is 6.68. The number of rotatable bonds is 7. The van der Waals surface area contributed by atoms with Crippen LogP contribution in [0.1, 0.15) is 37.1 Å². The monoisotopic (exact) mass is 488 g/mol. The molecule has 2 heterocycles. The third-order valence-electron chi connectivity index (χ3n) is 6.79. The van der Waals surface area contributed by atoms with Gasteiger partial charge in [0.05, 0.1) is 13.0 Å². The largest absolute Gasteiger partial charge is 0.384 e. The second kappa shape index (κ2) is 10.0. The molecule has 0 unspecified atom stereocenters. The van der Waals surface area contributed by atoms with Crippen LogP contribution in [-0.2, 0) is 17.8 Å². The van der Waals surface area contributed by atoms with E-state index in [0.29, 0.717) is 36.3 Å². The Balaban J connectivity index is 1.35. The highest BCUT2D eigenvalue weighted by molar-refractivity contribution is 6.29. The van der Waals surface area contributed by atoms with E-state index in [1.807, 2.05) is 29.8 Å². The van der Waals surface area contributed by atoms with Crippen molar-refractivity contribution >= 4 is 34.1 Å². The molecule has 0 radical (unpaired) electrons. The van der Waals surface area contributed by atoms with Crippen molar-refractivity contribution in [3.05, 3.63) is 71.1 Å². The summed E-state index contributed by atoms with van der Waals surface area (Å²) >= 11 is 6.06. The molecule has 1 amide bonds. The second-order valence-electron chi connectivity index (χ2n) is 9.15. The first-order valence-corrected chi connectivity index (χ1v) is 12.5. The minimum Gasteiger partial charge on any atom is -0.384 e. The molecule has 0 atom stereocenters. The lowest BCUT2D eigenvalue weighted by atomic mass is 10.0. The van der Waals surface area contributed by atoms with Gasteiger partial charge in [0, 0.05) is 18.2 Å². The number of aryl methyl sites for hydroxylation is 1. The van der Waals surface area contributed by atoms with Crippen molar-refractivity contribution in [2.75, 3.05) is 12.3 Å². The average Bonchev–Trinajstić information content (AvgIpc) is 3.49. The first-order valence-electron chi connectivity index (χ1n) is 12.1. The molecule has 1 aliphatic rings. The van der Waals surface area contributed by atoms with E-state index in [9.17, 15) is 4.79 Å².